The van der Waals surface area contributed by atoms with Crippen LogP contribution in [0.5, 0.6) is 0 Å². The first-order valence-corrected chi connectivity index (χ1v) is 12.7. The number of anilines is 2. The fraction of sp³-hybridized carbons (Fsp3) is 0.391. The number of rotatable bonds is 6. The van der Waals surface area contributed by atoms with Crippen LogP contribution in [0.4, 0.5) is 11.4 Å². The van der Waals surface area contributed by atoms with Crippen molar-refractivity contribution in [2.45, 2.75) is 36.7 Å². The van der Waals surface area contributed by atoms with Gasteiger partial charge in [-0.1, -0.05) is 23.7 Å². The molecule has 0 saturated carbocycles. The third kappa shape index (κ3) is 4.71. The van der Waals surface area contributed by atoms with Gasteiger partial charge in [-0.2, -0.15) is 0 Å². The normalized spacial score (nSPS) is 18.2. The zero-order valence-electron chi connectivity index (χ0n) is 18.6. The molecular weight excluding hydrogens is 464 g/mol. The maximum absolute atomic E-state index is 13.4. The van der Waals surface area contributed by atoms with Crippen LogP contribution in [0.3, 0.4) is 0 Å². The number of fused-ring (bicyclic) bond motifs is 3. The van der Waals surface area contributed by atoms with Crippen molar-refractivity contribution in [1.82, 2.24) is 9.62 Å². The van der Waals surface area contributed by atoms with Crippen molar-refractivity contribution in [1.29, 1.82) is 0 Å². The van der Waals surface area contributed by atoms with Gasteiger partial charge in [-0.25, -0.2) is 12.7 Å². The Hall–Kier alpha value is -2.62. The quantitative estimate of drug-likeness (QED) is 0.672. The largest absolute Gasteiger partial charge is 0.358 e. The van der Waals surface area contributed by atoms with Crippen molar-refractivity contribution in [2.75, 3.05) is 37.0 Å². The molecule has 8 nitrogen and oxygen atoms in total. The molecule has 1 atom stereocenters. The van der Waals surface area contributed by atoms with Gasteiger partial charge in [0.2, 0.25) is 21.8 Å². The number of nitrogens with zero attached hydrogens (tertiary/aromatic N) is 3. The van der Waals surface area contributed by atoms with E-state index in [0.29, 0.717) is 17.1 Å². The number of amides is 2. The standard InChI is InChI=1S/C23H27ClN4O4S/c1-26(2)33(31,32)18-9-10-19-21(13-18)28(23(30)20-8-3-4-11-27(19)20)15-22(29)25-14-16-6-5-7-17(24)12-16/h5-7,9-10,12-13,20H,3-4,8,11,14-15H2,1-2H3,(H,25,29)/t20-/m1/s1. The summed E-state index contributed by atoms with van der Waals surface area (Å²) in [6.45, 7) is 0.805. The molecular formula is C23H27ClN4O4S. The number of sulfonamides is 1. The average Bonchev–Trinajstić information content (AvgIpc) is 2.80. The Balaban J connectivity index is 1.63. The SMILES string of the molecule is CN(C)S(=O)(=O)c1ccc2c(c1)N(CC(=O)NCc1cccc(Cl)c1)C(=O)[C@H]1CCCCN21. The second-order valence-corrected chi connectivity index (χ2v) is 11.1. The number of benzene rings is 2. The molecule has 1 N–H and O–H groups in total. The topological polar surface area (TPSA) is 90.0 Å². The highest BCUT2D eigenvalue weighted by Gasteiger charge is 2.40. The second-order valence-electron chi connectivity index (χ2n) is 8.47. The van der Waals surface area contributed by atoms with E-state index >= 15 is 0 Å². The minimum Gasteiger partial charge on any atom is -0.358 e. The number of nitrogens with one attached hydrogen (secondary N) is 1. The van der Waals surface area contributed by atoms with Crippen molar-refractivity contribution in [3.63, 3.8) is 0 Å². The Bertz CT molecular complexity index is 1180. The van der Waals surface area contributed by atoms with E-state index in [2.05, 4.69) is 5.32 Å². The van der Waals surface area contributed by atoms with Crippen molar-refractivity contribution in [2.24, 2.45) is 0 Å². The highest BCUT2D eigenvalue weighted by molar-refractivity contribution is 7.89. The third-order valence-electron chi connectivity index (χ3n) is 6.06. The lowest BCUT2D eigenvalue weighted by Crippen LogP contribution is -2.57. The summed E-state index contributed by atoms with van der Waals surface area (Å²) in [5, 5.41) is 3.41. The van der Waals surface area contributed by atoms with Gasteiger partial charge in [0, 0.05) is 32.2 Å². The first kappa shape index (κ1) is 23.5. The summed E-state index contributed by atoms with van der Waals surface area (Å²) < 4.78 is 26.6. The van der Waals surface area contributed by atoms with Gasteiger partial charge in [0.15, 0.2) is 0 Å². The van der Waals surface area contributed by atoms with E-state index in [4.69, 9.17) is 11.6 Å². The van der Waals surface area contributed by atoms with E-state index < -0.39 is 10.0 Å². The number of carbonyl (C=O) groups is 2. The molecule has 0 unspecified atom stereocenters. The molecule has 33 heavy (non-hydrogen) atoms. The Morgan fingerprint density at radius 2 is 1.94 bits per heavy atom. The zero-order chi connectivity index (χ0) is 23.8. The molecule has 2 aromatic rings. The summed E-state index contributed by atoms with van der Waals surface area (Å²) in [5.74, 6) is -0.515. The molecule has 4 rings (SSSR count). The van der Waals surface area contributed by atoms with E-state index in [0.717, 1.165) is 34.9 Å². The summed E-state index contributed by atoms with van der Waals surface area (Å²) in [7, 11) is -0.776. The van der Waals surface area contributed by atoms with E-state index in [9.17, 15) is 18.0 Å². The monoisotopic (exact) mass is 490 g/mol. The van der Waals surface area contributed by atoms with E-state index in [1.165, 1.54) is 25.1 Å². The molecule has 0 radical (unpaired) electrons. The number of halogens is 1. The molecule has 1 saturated heterocycles. The smallest absolute Gasteiger partial charge is 0.250 e. The van der Waals surface area contributed by atoms with Gasteiger partial charge in [0.25, 0.3) is 0 Å². The number of piperidine rings is 1. The molecule has 2 amide bonds. The zero-order valence-corrected chi connectivity index (χ0v) is 20.2. The number of hydrogen-bond donors (Lipinski definition) is 1. The summed E-state index contributed by atoms with van der Waals surface area (Å²) >= 11 is 6.01. The summed E-state index contributed by atoms with van der Waals surface area (Å²) in [4.78, 5) is 29.7. The van der Waals surface area contributed by atoms with Crippen molar-refractivity contribution in [3.05, 3.63) is 53.1 Å². The number of hydrogen-bond acceptors (Lipinski definition) is 5. The molecule has 0 aromatic heterocycles. The van der Waals surface area contributed by atoms with Gasteiger partial charge in [0.05, 0.1) is 16.3 Å². The van der Waals surface area contributed by atoms with Gasteiger partial charge < -0.3 is 10.2 Å². The highest BCUT2D eigenvalue weighted by atomic mass is 35.5. The maximum Gasteiger partial charge on any atom is 0.250 e. The fourth-order valence-electron chi connectivity index (χ4n) is 4.32. The number of carbonyl (C=O) groups excluding carboxylic acids is 2. The van der Waals surface area contributed by atoms with Crippen LogP contribution in [-0.2, 0) is 26.2 Å². The van der Waals surface area contributed by atoms with Gasteiger partial charge in [-0.15, -0.1) is 0 Å². The Kier molecular flexibility index (Phi) is 6.65. The Labute approximate surface area is 199 Å². The molecule has 0 spiro atoms. The summed E-state index contributed by atoms with van der Waals surface area (Å²) in [5.41, 5.74) is 2.07. The molecule has 2 aromatic carbocycles. The van der Waals surface area contributed by atoms with Gasteiger partial charge in [-0.3, -0.25) is 14.5 Å². The van der Waals surface area contributed by atoms with Crippen molar-refractivity contribution < 1.29 is 18.0 Å². The molecule has 1 fully saturated rings. The maximum atomic E-state index is 13.4. The molecule has 2 heterocycles. The first-order chi connectivity index (χ1) is 15.7. The predicted molar refractivity (Wildman–Crippen MR) is 128 cm³/mol. The van der Waals surface area contributed by atoms with Crippen LogP contribution in [0.15, 0.2) is 47.4 Å². The van der Waals surface area contributed by atoms with E-state index in [1.807, 2.05) is 11.0 Å². The van der Waals surface area contributed by atoms with Crippen molar-refractivity contribution in [3.8, 4) is 0 Å². The molecule has 10 heteroatoms. The Morgan fingerprint density at radius 3 is 2.67 bits per heavy atom. The lowest BCUT2D eigenvalue weighted by molar-refractivity contribution is -0.125. The molecule has 2 aliphatic heterocycles. The molecule has 0 aliphatic carbocycles. The van der Waals surface area contributed by atoms with E-state index in [1.54, 1.807) is 30.3 Å². The van der Waals surface area contributed by atoms with Crippen LogP contribution >= 0.6 is 11.6 Å². The first-order valence-electron chi connectivity index (χ1n) is 10.8. The fourth-order valence-corrected chi connectivity index (χ4v) is 5.45. The predicted octanol–water partition coefficient (Wildman–Crippen LogP) is 2.61. The minimum absolute atomic E-state index is 0.0823. The molecule has 176 valence electrons. The summed E-state index contributed by atoms with van der Waals surface area (Å²) in [6.07, 6.45) is 2.60. The summed E-state index contributed by atoms with van der Waals surface area (Å²) in [6, 6.07) is 11.6. The van der Waals surface area contributed by atoms with Crippen LogP contribution in [0.25, 0.3) is 0 Å². The van der Waals surface area contributed by atoms with Gasteiger partial charge in [-0.05, 0) is 55.2 Å². The van der Waals surface area contributed by atoms with Crippen molar-refractivity contribution >= 4 is 44.8 Å². The average molecular weight is 491 g/mol. The Morgan fingerprint density at radius 1 is 1.15 bits per heavy atom. The highest BCUT2D eigenvalue weighted by Crippen LogP contribution is 2.40. The van der Waals surface area contributed by atoms with Crippen LogP contribution in [0.1, 0.15) is 24.8 Å². The van der Waals surface area contributed by atoms with Crippen LogP contribution < -0.4 is 15.1 Å². The second kappa shape index (κ2) is 9.32. The van der Waals surface area contributed by atoms with Gasteiger partial charge >= 0.3 is 0 Å². The van der Waals surface area contributed by atoms with Crippen LogP contribution in [-0.4, -0.2) is 57.8 Å². The minimum atomic E-state index is -3.70. The van der Waals surface area contributed by atoms with Gasteiger partial charge in [0.1, 0.15) is 12.6 Å². The van der Waals surface area contributed by atoms with Crippen LogP contribution in [0.2, 0.25) is 5.02 Å². The third-order valence-corrected chi connectivity index (χ3v) is 8.11. The molecule has 0 bridgehead atoms. The lowest BCUT2D eigenvalue weighted by atomic mass is 9.96. The lowest BCUT2D eigenvalue weighted by Gasteiger charge is -2.45. The molecule has 2 aliphatic rings. The van der Waals surface area contributed by atoms with E-state index in [-0.39, 0.29) is 35.8 Å². The van der Waals surface area contributed by atoms with Crippen LogP contribution in [0, 0.1) is 0 Å².